The van der Waals surface area contributed by atoms with Crippen LogP contribution in [-0.2, 0) is 20.5 Å². The number of nitrogens with zero attached hydrogens (tertiary/aromatic N) is 2. The lowest BCUT2D eigenvalue weighted by Crippen LogP contribution is -2.27. The van der Waals surface area contributed by atoms with Crippen molar-refractivity contribution in [2.45, 2.75) is 23.3 Å². The summed E-state index contributed by atoms with van der Waals surface area (Å²) in [6.45, 7) is 0.583. The molecule has 2 aromatic carbocycles. The number of ether oxygens (including phenoxy) is 3. The summed E-state index contributed by atoms with van der Waals surface area (Å²) in [6.07, 6.45) is 6.41. The van der Waals surface area contributed by atoms with Gasteiger partial charge in [0.1, 0.15) is 29.2 Å². The molecular formula is C27H26N2O4S. The van der Waals surface area contributed by atoms with Gasteiger partial charge in [-0.15, -0.1) is 0 Å². The number of anilines is 1. The average molecular weight is 475 g/mol. The second-order valence-electron chi connectivity index (χ2n) is 8.11. The maximum absolute atomic E-state index is 13.6. The van der Waals surface area contributed by atoms with Crippen LogP contribution in [0, 0.1) is 0 Å². The molecule has 1 aromatic heterocycles. The van der Waals surface area contributed by atoms with Crippen molar-refractivity contribution in [1.29, 1.82) is 0 Å². The molecule has 0 amide bonds. The maximum atomic E-state index is 13.6. The Kier molecular flexibility index (Phi) is 6.47. The maximum Gasteiger partial charge on any atom is 0.154 e. The molecule has 3 unspecified atom stereocenters. The monoisotopic (exact) mass is 474 g/mol. The molecule has 0 radical (unpaired) electrons. The van der Waals surface area contributed by atoms with Crippen molar-refractivity contribution in [2.75, 3.05) is 25.1 Å². The van der Waals surface area contributed by atoms with Crippen molar-refractivity contribution in [1.82, 2.24) is 4.98 Å². The number of allylic oxidation sites excluding steroid dienone is 2. The molecule has 174 valence electrons. The number of fused-ring (bicyclic) bond motifs is 1. The summed E-state index contributed by atoms with van der Waals surface area (Å²) in [4.78, 5) is 5.29. The topological polar surface area (TPSA) is 60.9 Å². The summed E-state index contributed by atoms with van der Waals surface area (Å²) in [5, 5.41) is 0. The third-order valence-electron chi connectivity index (χ3n) is 6.15. The van der Waals surface area contributed by atoms with E-state index < -0.39 is 11.0 Å². The van der Waals surface area contributed by atoms with E-state index >= 15 is 0 Å². The van der Waals surface area contributed by atoms with Gasteiger partial charge in [0.25, 0.3) is 0 Å². The number of hydrogen-bond acceptors (Lipinski definition) is 5. The van der Waals surface area contributed by atoms with Gasteiger partial charge in [-0.3, -0.25) is 4.31 Å². The van der Waals surface area contributed by atoms with Crippen molar-refractivity contribution in [3.63, 3.8) is 0 Å². The predicted octanol–water partition coefficient (Wildman–Crippen LogP) is 5.38. The van der Waals surface area contributed by atoms with E-state index in [0.717, 1.165) is 29.3 Å². The summed E-state index contributed by atoms with van der Waals surface area (Å²) >= 11 is 0. The van der Waals surface area contributed by atoms with Crippen LogP contribution in [-0.4, -0.2) is 36.1 Å². The van der Waals surface area contributed by atoms with E-state index in [0.29, 0.717) is 17.2 Å². The third kappa shape index (κ3) is 4.36. The molecule has 0 spiro atoms. The molecule has 5 rings (SSSR count). The number of pyridine rings is 1. The van der Waals surface area contributed by atoms with Crippen molar-refractivity contribution >= 4 is 16.8 Å². The fourth-order valence-electron chi connectivity index (χ4n) is 4.42. The van der Waals surface area contributed by atoms with Gasteiger partial charge in [0.2, 0.25) is 0 Å². The number of benzene rings is 2. The minimum atomic E-state index is -1.40. The van der Waals surface area contributed by atoms with Gasteiger partial charge in [-0.25, -0.2) is 9.19 Å². The van der Waals surface area contributed by atoms with E-state index in [1.54, 1.807) is 20.4 Å². The second kappa shape index (κ2) is 9.83. The van der Waals surface area contributed by atoms with Gasteiger partial charge in [0, 0.05) is 37.8 Å². The molecule has 2 heterocycles. The minimum Gasteiger partial charge on any atom is -0.498 e. The first-order chi connectivity index (χ1) is 16.7. The Hall–Kier alpha value is -3.42. The van der Waals surface area contributed by atoms with Gasteiger partial charge >= 0.3 is 0 Å². The standard InChI is InChI=1S/C27H26N2O4S/c1-31-25-15-10-19(17-26(25)32-2)24-18-29(27-23(24)9-6-16-28-27)34(30)22-13-11-21(12-14-22)33-20-7-4-3-5-8-20/h3-16,24,26H,17-18H2,1-2H3. The normalized spacial score (nSPS) is 20.2. The highest BCUT2D eigenvalue weighted by Crippen LogP contribution is 2.43. The number of aromatic nitrogens is 1. The lowest BCUT2D eigenvalue weighted by atomic mass is 9.87. The molecule has 0 bridgehead atoms. The smallest absolute Gasteiger partial charge is 0.154 e. The number of hydrogen-bond donors (Lipinski definition) is 0. The summed E-state index contributed by atoms with van der Waals surface area (Å²) in [5.41, 5.74) is 2.29. The van der Waals surface area contributed by atoms with E-state index in [-0.39, 0.29) is 12.0 Å². The largest absolute Gasteiger partial charge is 0.498 e. The molecule has 0 N–H and O–H groups in total. The predicted molar refractivity (Wildman–Crippen MR) is 132 cm³/mol. The van der Waals surface area contributed by atoms with E-state index in [9.17, 15) is 4.21 Å². The Morgan fingerprint density at radius 1 is 0.941 bits per heavy atom. The van der Waals surface area contributed by atoms with Crippen LogP contribution < -0.4 is 9.04 Å². The van der Waals surface area contributed by atoms with Crippen molar-refractivity contribution in [2.24, 2.45) is 0 Å². The highest BCUT2D eigenvalue weighted by molar-refractivity contribution is 7.86. The zero-order chi connectivity index (χ0) is 23.5. The van der Waals surface area contributed by atoms with Crippen molar-refractivity contribution < 1.29 is 18.4 Å². The fourth-order valence-corrected chi connectivity index (χ4v) is 5.63. The fraction of sp³-hybridized carbons (Fsp3) is 0.222. The molecule has 0 saturated heterocycles. The summed E-state index contributed by atoms with van der Waals surface area (Å²) in [6, 6.07) is 21.0. The first-order valence-corrected chi connectivity index (χ1v) is 12.2. The van der Waals surface area contributed by atoms with Gasteiger partial charge in [-0.05, 0) is 48.5 Å². The van der Waals surface area contributed by atoms with Crippen LogP contribution in [0.5, 0.6) is 11.5 Å². The zero-order valence-corrected chi connectivity index (χ0v) is 19.9. The number of para-hydroxylation sites is 1. The Labute approximate surface area is 202 Å². The van der Waals surface area contributed by atoms with E-state index in [2.05, 4.69) is 17.1 Å². The zero-order valence-electron chi connectivity index (χ0n) is 19.1. The first-order valence-electron chi connectivity index (χ1n) is 11.1. The lowest BCUT2D eigenvalue weighted by molar-refractivity contribution is 0.0765. The molecular weight excluding hydrogens is 448 g/mol. The molecule has 2 aliphatic rings. The molecule has 3 aromatic rings. The molecule has 6 nitrogen and oxygen atoms in total. The minimum absolute atomic E-state index is 0.0839. The molecule has 1 aliphatic heterocycles. The second-order valence-corrected chi connectivity index (χ2v) is 9.52. The van der Waals surface area contributed by atoms with Crippen LogP contribution in [0.3, 0.4) is 0 Å². The summed E-state index contributed by atoms with van der Waals surface area (Å²) < 4.78 is 32.4. The van der Waals surface area contributed by atoms with E-state index in [1.165, 1.54) is 5.57 Å². The van der Waals surface area contributed by atoms with Crippen LogP contribution in [0.1, 0.15) is 17.9 Å². The van der Waals surface area contributed by atoms with Gasteiger partial charge in [-0.2, -0.15) is 0 Å². The van der Waals surface area contributed by atoms with Gasteiger partial charge in [-0.1, -0.05) is 35.9 Å². The third-order valence-corrected chi connectivity index (χ3v) is 7.55. The van der Waals surface area contributed by atoms with Crippen LogP contribution in [0.15, 0.2) is 101 Å². The Balaban J connectivity index is 1.38. The first kappa shape index (κ1) is 22.4. The van der Waals surface area contributed by atoms with Crippen LogP contribution in [0.25, 0.3) is 0 Å². The molecule has 3 atom stereocenters. The SMILES string of the molecule is COC1=CC=C(C2CN(S(=O)c3ccc(Oc4ccccc4)cc3)c3ncccc32)CC1OC. The van der Waals surface area contributed by atoms with Crippen molar-refractivity contribution in [3.8, 4) is 11.5 Å². The summed E-state index contributed by atoms with van der Waals surface area (Å²) in [7, 11) is 1.95. The summed E-state index contributed by atoms with van der Waals surface area (Å²) in [5.74, 6) is 3.11. The molecule has 34 heavy (non-hydrogen) atoms. The Morgan fingerprint density at radius 3 is 2.44 bits per heavy atom. The van der Waals surface area contributed by atoms with E-state index in [4.69, 9.17) is 14.2 Å². The highest BCUT2D eigenvalue weighted by Gasteiger charge is 2.37. The van der Waals surface area contributed by atoms with Gasteiger partial charge in [0.05, 0.1) is 12.0 Å². The molecule has 0 fully saturated rings. The molecule has 7 heteroatoms. The van der Waals surface area contributed by atoms with Gasteiger partial charge < -0.3 is 14.2 Å². The quantitative estimate of drug-likeness (QED) is 0.460. The highest BCUT2D eigenvalue weighted by atomic mass is 32.2. The lowest BCUT2D eigenvalue weighted by Gasteiger charge is -2.26. The Morgan fingerprint density at radius 2 is 1.71 bits per heavy atom. The average Bonchev–Trinajstić information content (AvgIpc) is 3.28. The van der Waals surface area contributed by atoms with E-state index in [1.807, 2.05) is 71.0 Å². The Bertz CT molecular complexity index is 1240. The molecule has 0 saturated carbocycles. The number of rotatable bonds is 7. The molecule has 1 aliphatic carbocycles. The van der Waals surface area contributed by atoms with Crippen LogP contribution >= 0.6 is 0 Å². The van der Waals surface area contributed by atoms with Crippen molar-refractivity contribution in [3.05, 3.63) is 102 Å². The van der Waals surface area contributed by atoms with Crippen LogP contribution in [0.2, 0.25) is 0 Å². The van der Waals surface area contributed by atoms with Crippen LogP contribution in [0.4, 0.5) is 5.82 Å². The number of methoxy groups -OCH3 is 2. The van der Waals surface area contributed by atoms with Gasteiger partial charge in [0.15, 0.2) is 11.0 Å².